The van der Waals surface area contributed by atoms with Gasteiger partial charge in [0.05, 0.1) is 6.61 Å². The molecule has 0 saturated heterocycles. The van der Waals surface area contributed by atoms with Gasteiger partial charge in [-0.1, -0.05) is 24.3 Å². The van der Waals surface area contributed by atoms with E-state index in [9.17, 15) is 0 Å². The van der Waals surface area contributed by atoms with Crippen molar-refractivity contribution in [3.8, 4) is 0 Å². The molecule has 3 nitrogen and oxygen atoms in total. The third-order valence-corrected chi connectivity index (χ3v) is 2.72. The number of aliphatic hydroxyl groups is 1. The number of rotatable bonds is 3. The van der Waals surface area contributed by atoms with Crippen molar-refractivity contribution in [2.45, 2.75) is 12.5 Å². The van der Waals surface area contributed by atoms with E-state index in [1.165, 1.54) is 0 Å². The van der Waals surface area contributed by atoms with Gasteiger partial charge in [-0.2, -0.15) is 0 Å². The van der Waals surface area contributed by atoms with E-state index in [2.05, 4.69) is 0 Å². The predicted octanol–water partition coefficient (Wildman–Crippen LogP) is 1.28. The lowest BCUT2D eigenvalue weighted by Crippen LogP contribution is -2.27. The third-order valence-electron chi connectivity index (χ3n) is 2.72. The highest BCUT2D eigenvalue weighted by Gasteiger charge is 2.06. The van der Waals surface area contributed by atoms with Crippen LogP contribution >= 0.6 is 0 Å². The number of fused-ring (bicyclic) bond motifs is 1. The highest BCUT2D eigenvalue weighted by Crippen LogP contribution is 2.22. The van der Waals surface area contributed by atoms with Gasteiger partial charge in [-0.05, 0) is 34.9 Å². The first-order chi connectivity index (χ1) is 7.70. The Morgan fingerprint density at radius 3 is 2.38 bits per heavy atom. The molecule has 1 unspecified atom stereocenters. The summed E-state index contributed by atoms with van der Waals surface area (Å²) in [7, 11) is 0. The average Bonchev–Trinajstić information content (AvgIpc) is 2.30. The minimum atomic E-state index is -0.247. The smallest absolute Gasteiger partial charge is 0.0585 e. The summed E-state index contributed by atoms with van der Waals surface area (Å²) >= 11 is 0. The van der Waals surface area contributed by atoms with Crippen LogP contribution in [-0.2, 0) is 6.42 Å². The fourth-order valence-electron chi connectivity index (χ4n) is 1.83. The summed E-state index contributed by atoms with van der Waals surface area (Å²) in [5, 5.41) is 11.2. The Morgan fingerprint density at radius 1 is 1.12 bits per heavy atom. The molecular formula is C13H16N2O. The molecule has 2 aromatic rings. The van der Waals surface area contributed by atoms with Crippen molar-refractivity contribution < 1.29 is 5.11 Å². The van der Waals surface area contributed by atoms with E-state index in [-0.39, 0.29) is 12.6 Å². The lowest BCUT2D eigenvalue weighted by atomic mass is 10.0. The van der Waals surface area contributed by atoms with E-state index in [0.29, 0.717) is 6.42 Å². The molecule has 3 heteroatoms. The van der Waals surface area contributed by atoms with Crippen LogP contribution in [0.15, 0.2) is 36.4 Å². The van der Waals surface area contributed by atoms with E-state index < -0.39 is 0 Å². The first-order valence-electron chi connectivity index (χ1n) is 5.34. The minimum Gasteiger partial charge on any atom is -0.398 e. The number of aliphatic hydroxyl groups excluding tert-OH is 1. The van der Waals surface area contributed by atoms with Crippen molar-refractivity contribution in [3.63, 3.8) is 0 Å². The van der Waals surface area contributed by atoms with Crippen LogP contribution in [0.4, 0.5) is 5.69 Å². The zero-order valence-corrected chi connectivity index (χ0v) is 9.06. The van der Waals surface area contributed by atoms with Crippen molar-refractivity contribution in [2.24, 2.45) is 5.73 Å². The molecule has 5 N–H and O–H groups in total. The number of anilines is 1. The lowest BCUT2D eigenvalue weighted by molar-refractivity contribution is 0.265. The van der Waals surface area contributed by atoms with E-state index >= 15 is 0 Å². The van der Waals surface area contributed by atoms with E-state index in [0.717, 1.165) is 22.0 Å². The van der Waals surface area contributed by atoms with Crippen LogP contribution in [0.25, 0.3) is 10.8 Å². The largest absolute Gasteiger partial charge is 0.398 e. The SMILES string of the molecule is Nc1cc2ccccc2cc1CC(N)CO. The lowest BCUT2D eigenvalue weighted by Gasteiger charge is -2.11. The topological polar surface area (TPSA) is 72.3 Å². The number of nitrogens with two attached hydrogens (primary N) is 2. The monoisotopic (exact) mass is 216 g/mol. The summed E-state index contributed by atoms with van der Waals surface area (Å²) in [6, 6.07) is 11.8. The Labute approximate surface area is 94.7 Å². The van der Waals surface area contributed by atoms with Gasteiger partial charge in [0.2, 0.25) is 0 Å². The Morgan fingerprint density at radius 2 is 1.75 bits per heavy atom. The van der Waals surface area contributed by atoms with Crippen LogP contribution in [0.5, 0.6) is 0 Å². The van der Waals surface area contributed by atoms with Gasteiger partial charge in [0.1, 0.15) is 0 Å². The summed E-state index contributed by atoms with van der Waals surface area (Å²) in [6.07, 6.45) is 0.604. The molecular weight excluding hydrogens is 200 g/mol. The second-order valence-electron chi connectivity index (χ2n) is 4.04. The summed E-state index contributed by atoms with van der Waals surface area (Å²) in [5.74, 6) is 0. The molecule has 16 heavy (non-hydrogen) atoms. The molecule has 1 atom stereocenters. The average molecular weight is 216 g/mol. The van der Waals surface area contributed by atoms with Gasteiger partial charge in [-0.15, -0.1) is 0 Å². The molecule has 84 valence electrons. The van der Waals surface area contributed by atoms with Crippen LogP contribution < -0.4 is 11.5 Å². The molecule has 2 aromatic carbocycles. The summed E-state index contributed by atoms with van der Waals surface area (Å²) in [4.78, 5) is 0. The van der Waals surface area contributed by atoms with Gasteiger partial charge in [-0.25, -0.2) is 0 Å². The van der Waals surface area contributed by atoms with E-state index in [1.54, 1.807) is 0 Å². The van der Waals surface area contributed by atoms with Crippen LogP contribution in [0.3, 0.4) is 0 Å². The second kappa shape index (κ2) is 4.51. The van der Waals surface area contributed by atoms with Gasteiger partial charge in [0.25, 0.3) is 0 Å². The molecule has 0 amide bonds. The zero-order valence-electron chi connectivity index (χ0n) is 9.06. The molecule has 0 aliphatic heterocycles. The maximum Gasteiger partial charge on any atom is 0.0585 e. The number of hydrogen-bond donors (Lipinski definition) is 3. The Bertz CT molecular complexity index is 496. The molecule has 0 aromatic heterocycles. The zero-order chi connectivity index (χ0) is 11.5. The van der Waals surface area contributed by atoms with Crippen molar-refractivity contribution in [2.75, 3.05) is 12.3 Å². The number of benzene rings is 2. The van der Waals surface area contributed by atoms with Crippen LogP contribution in [-0.4, -0.2) is 17.8 Å². The fraction of sp³-hybridized carbons (Fsp3) is 0.231. The van der Waals surface area contributed by atoms with Crippen molar-refractivity contribution in [1.29, 1.82) is 0 Å². The minimum absolute atomic E-state index is 0.0216. The van der Waals surface area contributed by atoms with Gasteiger partial charge in [0.15, 0.2) is 0 Å². The van der Waals surface area contributed by atoms with Gasteiger partial charge >= 0.3 is 0 Å². The fourth-order valence-corrected chi connectivity index (χ4v) is 1.83. The first-order valence-corrected chi connectivity index (χ1v) is 5.34. The molecule has 0 saturated carbocycles. The van der Waals surface area contributed by atoms with Crippen molar-refractivity contribution in [1.82, 2.24) is 0 Å². The van der Waals surface area contributed by atoms with Crippen molar-refractivity contribution in [3.05, 3.63) is 42.0 Å². The standard InChI is InChI=1S/C13H16N2O/c14-12(8-16)6-11-5-9-3-1-2-4-10(9)7-13(11)15/h1-5,7,12,16H,6,8,14-15H2. The molecule has 0 aliphatic carbocycles. The van der Waals surface area contributed by atoms with Crippen molar-refractivity contribution >= 4 is 16.5 Å². The Hall–Kier alpha value is -1.58. The van der Waals surface area contributed by atoms with E-state index in [1.807, 2.05) is 36.4 Å². The normalized spacial score (nSPS) is 12.9. The quantitative estimate of drug-likeness (QED) is 0.677. The van der Waals surface area contributed by atoms with Gasteiger partial charge in [0, 0.05) is 11.7 Å². The Balaban J connectivity index is 2.42. The van der Waals surface area contributed by atoms with Gasteiger partial charge < -0.3 is 16.6 Å². The van der Waals surface area contributed by atoms with Crippen LogP contribution in [0.2, 0.25) is 0 Å². The molecule has 0 heterocycles. The van der Waals surface area contributed by atoms with Crippen LogP contribution in [0.1, 0.15) is 5.56 Å². The van der Waals surface area contributed by atoms with Gasteiger partial charge in [-0.3, -0.25) is 0 Å². The number of hydrogen-bond acceptors (Lipinski definition) is 3. The summed E-state index contributed by atoms with van der Waals surface area (Å²) < 4.78 is 0. The van der Waals surface area contributed by atoms with Crippen LogP contribution in [0, 0.1) is 0 Å². The molecule has 0 aliphatic rings. The first kappa shape index (κ1) is 10.9. The maximum atomic E-state index is 8.93. The Kier molecular flexibility index (Phi) is 3.08. The third kappa shape index (κ3) is 2.15. The number of nitrogen functional groups attached to an aromatic ring is 1. The molecule has 0 bridgehead atoms. The molecule has 0 spiro atoms. The summed E-state index contributed by atoms with van der Waals surface area (Å²) in [5.41, 5.74) is 13.4. The predicted molar refractivity (Wildman–Crippen MR) is 67.1 cm³/mol. The molecule has 0 fully saturated rings. The van der Waals surface area contributed by atoms with E-state index in [4.69, 9.17) is 16.6 Å². The molecule has 0 radical (unpaired) electrons. The highest BCUT2D eigenvalue weighted by atomic mass is 16.3. The highest BCUT2D eigenvalue weighted by molar-refractivity contribution is 5.86. The summed E-state index contributed by atoms with van der Waals surface area (Å²) in [6.45, 7) is -0.0216. The second-order valence-corrected chi connectivity index (χ2v) is 4.04. The maximum absolute atomic E-state index is 8.93. The molecule has 2 rings (SSSR count).